The lowest BCUT2D eigenvalue weighted by Gasteiger charge is -1.87. The van der Waals surface area contributed by atoms with Crippen LogP contribution >= 0.6 is 11.3 Å². The van der Waals surface area contributed by atoms with Gasteiger partial charge in [0, 0.05) is 5.69 Å². The Balaban J connectivity index is 0.000000396. The minimum Gasteiger partial charge on any atom is -0.259 e. The maximum absolute atomic E-state index is 4.31. The van der Waals surface area contributed by atoms with E-state index in [1.165, 1.54) is 4.70 Å². The van der Waals surface area contributed by atoms with Gasteiger partial charge in [-0.3, -0.25) is 4.98 Å². The molecule has 0 N–H and O–H groups in total. The predicted molar refractivity (Wildman–Crippen MR) is 58.2 cm³/mol. The summed E-state index contributed by atoms with van der Waals surface area (Å²) < 4.78 is 1.23. The van der Waals surface area contributed by atoms with Crippen LogP contribution in [0.3, 0.4) is 0 Å². The van der Waals surface area contributed by atoms with Crippen molar-refractivity contribution >= 4 is 21.6 Å². The number of aromatic nitrogens is 2. The Kier molecular flexibility index (Phi) is 3.37. The number of hydrogen-bond acceptors (Lipinski definition) is 3. The molecule has 0 saturated carbocycles. The highest BCUT2D eigenvalue weighted by atomic mass is 32.1. The van der Waals surface area contributed by atoms with Gasteiger partial charge in [0.1, 0.15) is 0 Å². The smallest absolute Gasteiger partial charge is 0.0998 e. The largest absolute Gasteiger partial charge is 0.259 e. The Labute approximate surface area is 82.7 Å². The first kappa shape index (κ1) is 10.1. The van der Waals surface area contributed by atoms with Gasteiger partial charge in [0.15, 0.2) is 0 Å². The summed E-state index contributed by atoms with van der Waals surface area (Å²) in [5, 5.41) is 1.10. The van der Waals surface area contributed by atoms with Crippen molar-refractivity contribution in [2.75, 3.05) is 0 Å². The average molecular weight is 194 g/mol. The molecule has 0 bridgehead atoms. The third kappa shape index (κ3) is 2.25. The normalized spacial score (nSPS) is 9.54. The van der Waals surface area contributed by atoms with Gasteiger partial charge in [-0.15, -0.1) is 11.3 Å². The van der Waals surface area contributed by atoms with Crippen LogP contribution in [0.4, 0.5) is 0 Å². The molecule has 3 heteroatoms. The Morgan fingerprint density at radius 2 is 1.92 bits per heavy atom. The van der Waals surface area contributed by atoms with Gasteiger partial charge in [0.2, 0.25) is 0 Å². The van der Waals surface area contributed by atoms with Crippen molar-refractivity contribution < 1.29 is 0 Å². The van der Waals surface area contributed by atoms with Crippen molar-refractivity contribution in [1.29, 1.82) is 0 Å². The molecule has 0 saturated heterocycles. The zero-order valence-electron chi connectivity index (χ0n) is 8.46. The molecule has 0 fully saturated rings. The van der Waals surface area contributed by atoms with E-state index in [0.717, 1.165) is 16.2 Å². The van der Waals surface area contributed by atoms with E-state index in [9.17, 15) is 0 Å². The minimum atomic E-state index is 1.01. The van der Waals surface area contributed by atoms with Gasteiger partial charge in [-0.25, -0.2) is 4.98 Å². The van der Waals surface area contributed by atoms with Crippen LogP contribution < -0.4 is 0 Å². The van der Waals surface area contributed by atoms with Crippen LogP contribution in [0, 0.1) is 13.8 Å². The number of pyridine rings is 1. The highest BCUT2D eigenvalue weighted by molar-refractivity contribution is 7.18. The first-order valence-corrected chi connectivity index (χ1v) is 5.27. The number of thiazole rings is 1. The van der Waals surface area contributed by atoms with Crippen LogP contribution in [0.25, 0.3) is 10.2 Å². The minimum absolute atomic E-state index is 1.01. The lowest BCUT2D eigenvalue weighted by Crippen LogP contribution is -1.77. The van der Waals surface area contributed by atoms with E-state index < -0.39 is 0 Å². The molecule has 70 valence electrons. The molecule has 0 spiro atoms. The first-order chi connectivity index (χ1) is 6.25. The molecule has 0 aromatic carbocycles. The quantitative estimate of drug-likeness (QED) is 0.643. The van der Waals surface area contributed by atoms with E-state index in [2.05, 4.69) is 16.0 Å². The number of fused-ring (bicyclic) bond motifs is 1. The van der Waals surface area contributed by atoms with Crippen LogP contribution in [0.2, 0.25) is 0 Å². The maximum Gasteiger partial charge on any atom is 0.0998 e. The zero-order chi connectivity index (χ0) is 9.84. The van der Waals surface area contributed by atoms with Gasteiger partial charge in [-0.1, -0.05) is 13.8 Å². The van der Waals surface area contributed by atoms with Crippen LogP contribution in [-0.2, 0) is 0 Å². The van der Waals surface area contributed by atoms with E-state index in [4.69, 9.17) is 0 Å². The highest BCUT2D eigenvalue weighted by Gasteiger charge is 1.99. The lowest BCUT2D eigenvalue weighted by atomic mass is 10.4. The van der Waals surface area contributed by atoms with E-state index in [-0.39, 0.29) is 0 Å². The van der Waals surface area contributed by atoms with Crippen molar-refractivity contribution in [3.8, 4) is 0 Å². The lowest BCUT2D eigenvalue weighted by molar-refractivity contribution is 1.21. The van der Waals surface area contributed by atoms with Crippen molar-refractivity contribution in [3.63, 3.8) is 0 Å². The van der Waals surface area contributed by atoms with E-state index in [1.807, 2.05) is 33.9 Å². The van der Waals surface area contributed by atoms with Gasteiger partial charge < -0.3 is 0 Å². The van der Waals surface area contributed by atoms with Crippen LogP contribution in [0.1, 0.15) is 24.5 Å². The monoisotopic (exact) mass is 194 g/mol. The molecule has 0 atom stereocenters. The fraction of sp³-hybridized carbons (Fsp3) is 0.400. The van der Waals surface area contributed by atoms with Gasteiger partial charge in [0.25, 0.3) is 0 Å². The Morgan fingerprint density at radius 3 is 2.62 bits per heavy atom. The Morgan fingerprint density at radius 1 is 1.23 bits per heavy atom. The summed E-state index contributed by atoms with van der Waals surface area (Å²) >= 11 is 1.72. The molecule has 2 aromatic heterocycles. The van der Waals surface area contributed by atoms with Gasteiger partial charge in [-0.2, -0.15) is 0 Å². The molecule has 13 heavy (non-hydrogen) atoms. The summed E-state index contributed by atoms with van der Waals surface area (Å²) in [5.41, 5.74) is 2.07. The molecule has 0 amide bonds. The third-order valence-electron chi connectivity index (χ3n) is 1.52. The third-order valence-corrected chi connectivity index (χ3v) is 2.45. The Bertz CT molecular complexity index is 393. The summed E-state index contributed by atoms with van der Waals surface area (Å²) in [7, 11) is 0. The number of nitrogens with zero attached hydrogens (tertiary/aromatic N) is 2. The highest BCUT2D eigenvalue weighted by Crippen LogP contribution is 2.20. The molecule has 0 unspecified atom stereocenters. The van der Waals surface area contributed by atoms with Crippen LogP contribution in [-0.4, -0.2) is 9.97 Å². The summed E-state index contributed by atoms with van der Waals surface area (Å²) in [4.78, 5) is 8.48. The summed E-state index contributed by atoms with van der Waals surface area (Å²) in [6.45, 7) is 8.01. The van der Waals surface area contributed by atoms with Gasteiger partial charge in [-0.05, 0) is 19.9 Å². The summed E-state index contributed by atoms with van der Waals surface area (Å²) in [5.74, 6) is 0. The number of aryl methyl sites for hydroxylation is 2. The van der Waals surface area contributed by atoms with Crippen molar-refractivity contribution in [2.24, 2.45) is 0 Å². The van der Waals surface area contributed by atoms with E-state index >= 15 is 0 Å². The maximum atomic E-state index is 4.31. The second kappa shape index (κ2) is 4.33. The molecule has 2 aromatic rings. The SMILES string of the molecule is CC.Cc1cc2sc(C)nc2cn1. The van der Waals surface area contributed by atoms with Crippen molar-refractivity contribution in [1.82, 2.24) is 9.97 Å². The molecule has 0 radical (unpaired) electrons. The molecule has 2 heterocycles. The van der Waals surface area contributed by atoms with Crippen LogP contribution in [0.15, 0.2) is 12.3 Å². The summed E-state index contributed by atoms with van der Waals surface area (Å²) in [6.07, 6.45) is 1.83. The molecular formula is C10H14N2S. The first-order valence-electron chi connectivity index (χ1n) is 4.45. The Hall–Kier alpha value is -0.960. The zero-order valence-corrected chi connectivity index (χ0v) is 9.27. The standard InChI is InChI=1S/C8H8N2S.C2H6/c1-5-3-8-7(4-9-5)10-6(2)11-8;1-2/h3-4H,1-2H3;1-2H3. The summed E-state index contributed by atoms with van der Waals surface area (Å²) in [6, 6.07) is 2.07. The molecule has 0 aliphatic carbocycles. The van der Waals surface area contributed by atoms with E-state index in [0.29, 0.717) is 0 Å². The molecule has 2 rings (SSSR count). The molecule has 2 nitrogen and oxygen atoms in total. The molecule has 0 aliphatic rings. The number of rotatable bonds is 0. The fourth-order valence-electron chi connectivity index (χ4n) is 1.04. The fourth-order valence-corrected chi connectivity index (χ4v) is 1.94. The average Bonchev–Trinajstić information content (AvgIpc) is 2.48. The molecular weight excluding hydrogens is 180 g/mol. The van der Waals surface area contributed by atoms with Gasteiger partial charge >= 0.3 is 0 Å². The topological polar surface area (TPSA) is 25.8 Å². The van der Waals surface area contributed by atoms with Gasteiger partial charge in [0.05, 0.1) is 21.4 Å². The van der Waals surface area contributed by atoms with Crippen LogP contribution in [0.5, 0.6) is 0 Å². The van der Waals surface area contributed by atoms with Crippen molar-refractivity contribution in [2.45, 2.75) is 27.7 Å². The molecule has 0 aliphatic heterocycles. The second-order valence-electron chi connectivity index (χ2n) is 2.53. The number of hydrogen-bond donors (Lipinski definition) is 0. The van der Waals surface area contributed by atoms with E-state index in [1.54, 1.807) is 11.3 Å². The van der Waals surface area contributed by atoms with Crippen molar-refractivity contribution in [3.05, 3.63) is 23.0 Å². The second-order valence-corrected chi connectivity index (χ2v) is 3.76. The predicted octanol–water partition coefficient (Wildman–Crippen LogP) is 3.33.